The van der Waals surface area contributed by atoms with E-state index in [0.29, 0.717) is 32.2 Å². The summed E-state index contributed by atoms with van der Waals surface area (Å²) in [7, 11) is 2.13. The molecule has 0 aromatic carbocycles. The Morgan fingerprint density at radius 1 is 1.06 bits per heavy atom. The van der Waals surface area contributed by atoms with Crippen molar-refractivity contribution < 1.29 is 19.8 Å². The number of piperazine rings is 1. The molecule has 6 N–H and O–H groups in total. The molecule has 270 valence electrons. The van der Waals surface area contributed by atoms with Crippen molar-refractivity contribution in [2.45, 2.75) is 141 Å². The predicted molar refractivity (Wildman–Crippen MR) is 191 cm³/mol. The van der Waals surface area contributed by atoms with E-state index in [4.69, 9.17) is 5.73 Å². The van der Waals surface area contributed by atoms with Crippen LogP contribution in [-0.4, -0.2) is 120 Å². The third kappa shape index (κ3) is 12.9. The van der Waals surface area contributed by atoms with Gasteiger partial charge < -0.3 is 36.0 Å². The molecule has 47 heavy (non-hydrogen) atoms. The van der Waals surface area contributed by atoms with Gasteiger partial charge in [-0.3, -0.25) is 14.9 Å². The molecule has 0 aromatic heterocycles. The van der Waals surface area contributed by atoms with Crippen LogP contribution in [0, 0.1) is 11.8 Å². The lowest BCUT2D eigenvalue weighted by Crippen LogP contribution is -2.54. The number of nitrogens with zero attached hydrogens (tertiary/aromatic N) is 3. The molecule has 0 saturated carbocycles. The van der Waals surface area contributed by atoms with Gasteiger partial charge in [-0.1, -0.05) is 44.1 Å². The summed E-state index contributed by atoms with van der Waals surface area (Å²) in [5.74, 6) is 0.0853. The molecule has 0 aromatic rings. The Morgan fingerprint density at radius 3 is 2.45 bits per heavy atom. The molecule has 3 aliphatic rings. The average Bonchev–Trinajstić information content (AvgIpc) is 3.50. The summed E-state index contributed by atoms with van der Waals surface area (Å²) in [4.78, 5) is 34.1. The van der Waals surface area contributed by atoms with Crippen LogP contribution in [0.5, 0.6) is 0 Å². The molecule has 0 spiro atoms. The molecule has 8 unspecified atom stereocenters. The lowest BCUT2D eigenvalue weighted by Gasteiger charge is -2.37. The smallest absolute Gasteiger partial charge is 0.226 e. The minimum Gasteiger partial charge on any atom is -0.391 e. The second-order valence-electron chi connectivity index (χ2n) is 14.6. The highest BCUT2D eigenvalue weighted by atomic mass is 16.3. The van der Waals surface area contributed by atoms with Gasteiger partial charge in [-0.25, -0.2) is 0 Å². The van der Waals surface area contributed by atoms with Crippen LogP contribution in [0.1, 0.15) is 105 Å². The molecule has 1 aliphatic carbocycles. The third-order valence-corrected chi connectivity index (χ3v) is 10.7. The van der Waals surface area contributed by atoms with Crippen LogP contribution < -0.4 is 16.4 Å². The fourth-order valence-corrected chi connectivity index (χ4v) is 7.59. The summed E-state index contributed by atoms with van der Waals surface area (Å²) in [5.41, 5.74) is 6.93. The number of rotatable bonds is 20. The number of hydrogen-bond donors (Lipinski definition) is 5. The minimum absolute atomic E-state index is 0.0199. The van der Waals surface area contributed by atoms with E-state index in [1.54, 1.807) is 0 Å². The van der Waals surface area contributed by atoms with E-state index in [1.165, 1.54) is 5.57 Å². The molecule has 2 amide bonds. The van der Waals surface area contributed by atoms with Crippen LogP contribution >= 0.6 is 0 Å². The molecule has 2 aliphatic heterocycles. The Balaban J connectivity index is 1.65. The molecular formula is C37H68N6O4. The molecule has 10 nitrogen and oxygen atoms in total. The Kier molecular flexibility index (Phi) is 17.4. The number of nitrogens with one attached hydrogen (secondary N) is 2. The molecule has 0 bridgehead atoms. The van der Waals surface area contributed by atoms with Gasteiger partial charge in [0.2, 0.25) is 11.8 Å². The second kappa shape index (κ2) is 20.6. The first-order valence-corrected chi connectivity index (χ1v) is 18.8. The summed E-state index contributed by atoms with van der Waals surface area (Å²) in [6, 6.07) is -0.425. The van der Waals surface area contributed by atoms with Crippen molar-refractivity contribution >= 4 is 11.8 Å². The van der Waals surface area contributed by atoms with Gasteiger partial charge in [0.15, 0.2) is 0 Å². The highest BCUT2D eigenvalue weighted by Gasteiger charge is 2.42. The highest BCUT2D eigenvalue weighted by molar-refractivity contribution is 5.80. The van der Waals surface area contributed by atoms with Crippen LogP contribution in [0.3, 0.4) is 0 Å². The maximum absolute atomic E-state index is 14.2. The van der Waals surface area contributed by atoms with Crippen LogP contribution in [0.2, 0.25) is 0 Å². The van der Waals surface area contributed by atoms with E-state index in [9.17, 15) is 19.8 Å². The topological polar surface area (TPSA) is 134 Å². The molecular weight excluding hydrogens is 592 g/mol. The molecule has 2 fully saturated rings. The predicted octanol–water partition coefficient (Wildman–Crippen LogP) is 3.38. The van der Waals surface area contributed by atoms with E-state index in [2.05, 4.69) is 73.4 Å². The fraction of sp³-hybridized carbons (Fsp3) is 0.838. The lowest BCUT2D eigenvalue weighted by molar-refractivity contribution is -0.142. The highest BCUT2D eigenvalue weighted by Crippen LogP contribution is 2.32. The van der Waals surface area contributed by atoms with Crippen LogP contribution in [0.4, 0.5) is 0 Å². The van der Waals surface area contributed by atoms with Gasteiger partial charge in [0.25, 0.3) is 0 Å². The van der Waals surface area contributed by atoms with Crippen molar-refractivity contribution in [3.8, 4) is 0 Å². The van der Waals surface area contributed by atoms with Crippen molar-refractivity contribution in [2.24, 2.45) is 17.6 Å². The van der Waals surface area contributed by atoms with Gasteiger partial charge in [-0.2, -0.15) is 0 Å². The van der Waals surface area contributed by atoms with Gasteiger partial charge in [0.1, 0.15) is 6.23 Å². The maximum Gasteiger partial charge on any atom is 0.226 e. The Morgan fingerprint density at radius 2 is 1.81 bits per heavy atom. The fourth-order valence-electron chi connectivity index (χ4n) is 7.59. The molecule has 10 heteroatoms. The summed E-state index contributed by atoms with van der Waals surface area (Å²) in [5, 5.41) is 29.4. The van der Waals surface area contributed by atoms with E-state index < -0.39 is 12.3 Å². The molecule has 3 rings (SSSR count). The van der Waals surface area contributed by atoms with Crippen LogP contribution in [0.25, 0.3) is 0 Å². The number of aliphatic hydroxyl groups excluding tert-OH is 2. The Bertz CT molecular complexity index is 999. The first-order valence-electron chi connectivity index (χ1n) is 18.8. The largest absolute Gasteiger partial charge is 0.391 e. The van der Waals surface area contributed by atoms with Crippen molar-refractivity contribution in [3.63, 3.8) is 0 Å². The normalized spacial score (nSPS) is 25.7. The standard InChI is InChI=1S/C37H68N6O4/c1-6-9-30(37(47)43-31(7-2)16-17-33(43)36(46)39-28(4)10-8-20-38)15-18-34(44)32(26-29-13-11-27(3)12-14-29)40-35(45)19-21-42-24-22-41(5)23-25-42/h11-13,28-34,36,39,44,46H,6-10,14-26,38H2,1-5H3,(H,40,45). The average molecular weight is 661 g/mol. The number of carbonyl (C=O) groups is 2. The number of aliphatic hydroxyl groups is 2. The van der Waals surface area contributed by atoms with Gasteiger partial charge in [-0.15, -0.1) is 0 Å². The minimum atomic E-state index is -0.789. The third-order valence-electron chi connectivity index (χ3n) is 10.7. The van der Waals surface area contributed by atoms with Crippen LogP contribution in [-0.2, 0) is 9.59 Å². The summed E-state index contributed by atoms with van der Waals surface area (Å²) in [6.45, 7) is 13.7. The Hall–Kier alpha value is -1.82. The zero-order valence-corrected chi connectivity index (χ0v) is 30.2. The van der Waals surface area contributed by atoms with Crippen molar-refractivity contribution in [1.82, 2.24) is 25.3 Å². The number of allylic oxidation sites excluding steroid dienone is 4. The number of likely N-dealkylation sites (N-methyl/N-ethyl adjacent to an activating group) is 1. The van der Waals surface area contributed by atoms with Gasteiger partial charge >= 0.3 is 0 Å². The number of likely N-dealkylation sites (tertiary alicyclic amines) is 1. The monoisotopic (exact) mass is 661 g/mol. The van der Waals surface area contributed by atoms with E-state index in [-0.39, 0.29) is 47.8 Å². The number of carbonyl (C=O) groups excluding carboxylic acids is 2. The summed E-state index contributed by atoms with van der Waals surface area (Å²) < 4.78 is 0. The van der Waals surface area contributed by atoms with Crippen molar-refractivity contribution in [2.75, 3.05) is 46.3 Å². The summed E-state index contributed by atoms with van der Waals surface area (Å²) >= 11 is 0. The Labute approximate surface area is 285 Å². The maximum atomic E-state index is 14.2. The molecule has 2 saturated heterocycles. The quantitative estimate of drug-likeness (QED) is 0.126. The van der Waals surface area contributed by atoms with E-state index in [0.717, 1.165) is 84.1 Å². The van der Waals surface area contributed by atoms with Crippen LogP contribution in [0.15, 0.2) is 23.8 Å². The molecule has 8 atom stereocenters. The van der Waals surface area contributed by atoms with Gasteiger partial charge in [0, 0.05) is 57.1 Å². The van der Waals surface area contributed by atoms with Crippen molar-refractivity contribution in [1.29, 1.82) is 0 Å². The number of nitrogens with two attached hydrogens (primary N) is 1. The SMILES string of the molecule is CCCC(CCC(O)C(CC1C=CC(C)=CC1)NC(=O)CCN1CCN(C)CC1)C(=O)N1C(CC)CCC1C(O)NC(C)CCCN. The first kappa shape index (κ1) is 39.6. The zero-order valence-electron chi connectivity index (χ0n) is 30.2. The number of hydrogen-bond acceptors (Lipinski definition) is 8. The molecule has 0 radical (unpaired) electrons. The summed E-state index contributed by atoms with van der Waals surface area (Å²) in [6.07, 6.45) is 13.9. The first-order chi connectivity index (χ1) is 22.6. The lowest BCUT2D eigenvalue weighted by atomic mass is 9.86. The van der Waals surface area contributed by atoms with Gasteiger partial charge in [-0.05, 0) is 97.6 Å². The number of amides is 2. The second-order valence-corrected chi connectivity index (χ2v) is 14.6. The van der Waals surface area contributed by atoms with Crippen molar-refractivity contribution in [3.05, 3.63) is 23.8 Å². The molecule has 2 heterocycles. The van der Waals surface area contributed by atoms with E-state index in [1.807, 2.05) is 4.90 Å². The van der Waals surface area contributed by atoms with Gasteiger partial charge in [0.05, 0.1) is 18.2 Å². The van der Waals surface area contributed by atoms with E-state index >= 15 is 0 Å². The zero-order chi connectivity index (χ0) is 34.3.